The van der Waals surface area contributed by atoms with E-state index < -0.39 is 10.0 Å². The third-order valence-corrected chi connectivity index (χ3v) is 5.88. The Morgan fingerprint density at radius 2 is 1.93 bits per heavy atom. The van der Waals surface area contributed by atoms with Gasteiger partial charge in [-0.15, -0.1) is 0 Å². The van der Waals surface area contributed by atoms with Gasteiger partial charge in [0.15, 0.2) is 0 Å². The van der Waals surface area contributed by atoms with Crippen LogP contribution >= 0.6 is 0 Å². The van der Waals surface area contributed by atoms with Crippen LogP contribution in [0, 0.1) is 11.8 Å². The summed E-state index contributed by atoms with van der Waals surface area (Å²) in [5, 5.41) is -0.0755. The molecule has 3 nitrogen and oxygen atoms in total. The highest BCUT2D eigenvalue weighted by atomic mass is 32.2. The van der Waals surface area contributed by atoms with Crippen molar-refractivity contribution in [3.05, 3.63) is 0 Å². The average molecular weight is 231 g/mol. The van der Waals surface area contributed by atoms with Crippen molar-refractivity contribution >= 4 is 10.0 Å². The smallest absolute Gasteiger partial charge is 0.212 e. The van der Waals surface area contributed by atoms with Gasteiger partial charge in [-0.25, -0.2) is 13.1 Å². The molecule has 0 radical (unpaired) electrons. The lowest BCUT2D eigenvalue weighted by molar-refractivity contribution is 0.407. The van der Waals surface area contributed by atoms with Crippen LogP contribution in [0.25, 0.3) is 0 Å². The van der Waals surface area contributed by atoms with E-state index in [1.54, 1.807) is 0 Å². The Bertz CT molecular complexity index is 321. The predicted molar refractivity (Wildman–Crippen MR) is 61.0 cm³/mol. The quantitative estimate of drug-likeness (QED) is 0.803. The molecular formula is C11H21NO2S. The fourth-order valence-electron chi connectivity index (χ4n) is 2.71. The second kappa shape index (κ2) is 4.06. The van der Waals surface area contributed by atoms with E-state index >= 15 is 0 Å². The minimum absolute atomic E-state index is 0.0755. The first-order valence-corrected chi connectivity index (χ1v) is 7.58. The molecule has 15 heavy (non-hydrogen) atoms. The summed E-state index contributed by atoms with van der Waals surface area (Å²) >= 11 is 0. The molecule has 2 aliphatic rings. The maximum atomic E-state index is 11.7. The van der Waals surface area contributed by atoms with Crippen LogP contribution in [0.2, 0.25) is 0 Å². The Kier molecular flexibility index (Phi) is 3.08. The van der Waals surface area contributed by atoms with Gasteiger partial charge in [0.25, 0.3) is 0 Å². The fourth-order valence-corrected chi connectivity index (χ4v) is 4.31. The predicted octanol–water partition coefficient (Wildman–Crippen LogP) is 1.89. The first-order valence-electron chi connectivity index (χ1n) is 6.04. The second-order valence-corrected chi connectivity index (χ2v) is 7.17. The molecular weight excluding hydrogens is 210 g/mol. The van der Waals surface area contributed by atoms with E-state index in [0.717, 1.165) is 25.7 Å². The van der Waals surface area contributed by atoms with Gasteiger partial charge >= 0.3 is 0 Å². The molecule has 3 atom stereocenters. The SMILES string of the molecule is CC[C@H]1C[C@H](NS(=O)(=O)C2CC2)C[C@@H]1C. The molecule has 0 aromatic heterocycles. The highest BCUT2D eigenvalue weighted by Crippen LogP contribution is 2.35. The van der Waals surface area contributed by atoms with Crippen LogP contribution in [0.1, 0.15) is 46.0 Å². The van der Waals surface area contributed by atoms with Gasteiger partial charge in [0, 0.05) is 6.04 Å². The molecule has 0 spiro atoms. The van der Waals surface area contributed by atoms with Crippen LogP contribution in [-0.2, 0) is 10.0 Å². The summed E-state index contributed by atoms with van der Waals surface area (Å²) in [4.78, 5) is 0. The molecule has 2 rings (SSSR count). The Morgan fingerprint density at radius 3 is 2.40 bits per heavy atom. The molecule has 2 aliphatic carbocycles. The van der Waals surface area contributed by atoms with Crippen molar-refractivity contribution in [2.75, 3.05) is 0 Å². The largest absolute Gasteiger partial charge is 0.214 e. The van der Waals surface area contributed by atoms with Crippen molar-refractivity contribution in [2.45, 2.75) is 57.2 Å². The zero-order chi connectivity index (χ0) is 11.1. The number of hydrogen-bond acceptors (Lipinski definition) is 2. The third-order valence-electron chi connectivity index (χ3n) is 3.87. The lowest BCUT2D eigenvalue weighted by Crippen LogP contribution is -2.35. The van der Waals surface area contributed by atoms with Gasteiger partial charge in [-0.3, -0.25) is 0 Å². The first-order chi connectivity index (χ1) is 7.03. The summed E-state index contributed by atoms with van der Waals surface area (Å²) in [5.74, 6) is 1.37. The fraction of sp³-hybridized carbons (Fsp3) is 1.00. The zero-order valence-corrected chi connectivity index (χ0v) is 10.4. The summed E-state index contributed by atoms with van der Waals surface area (Å²) in [6.07, 6.45) is 4.93. The van der Waals surface area contributed by atoms with Crippen LogP contribution in [0.3, 0.4) is 0 Å². The van der Waals surface area contributed by atoms with E-state index in [4.69, 9.17) is 0 Å². The maximum absolute atomic E-state index is 11.7. The molecule has 0 amide bonds. The summed E-state index contributed by atoms with van der Waals surface area (Å²) in [6.45, 7) is 4.43. The van der Waals surface area contributed by atoms with Gasteiger partial charge in [-0.1, -0.05) is 20.3 Å². The van der Waals surface area contributed by atoms with E-state index in [-0.39, 0.29) is 11.3 Å². The molecule has 0 bridgehead atoms. The van der Waals surface area contributed by atoms with Gasteiger partial charge in [-0.05, 0) is 37.5 Å². The lowest BCUT2D eigenvalue weighted by atomic mass is 9.96. The number of rotatable bonds is 4. The minimum atomic E-state index is -2.98. The molecule has 4 heteroatoms. The Morgan fingerprint density at radius 1 is 1.27 bits per heavy atom. The lowest BCUT2D eigenvalue weighted by Gasteiger charge is -2.12. The summed E-state index contributed by atoms with van der Waals surface area (Å²) in [5.41, 5.74) is 0. The molecule has 88 valence electrons. The molecule has 0 unspecified atom stereocenters. The van der Waals surface area contributed by atoms with Gasteiger partial charge < -0.3 is 0 Å². The third kappa shape index (κ3) is 2.53. The molecule has 0 aromatic carbocycles. The van der Waals surface area contributed by atoms with Gasteiger partial charge in [-0.2, -0.15) is 0 Å². The van der Waals surface area contributed by atoms with Crippen molar-refractivity contribution in [1.82, 2.24) is 4.72 Å². The zero-order valence-electron chi connectivity index (χ0n) is 9.57. The normalized spacial score (nSPS) is 37.1. The van der Waals surface area contributed by atoms with Crippen molar-refractivity contribution in [3.63, 3.8) is 0 Å². The standard InChI is InChI=1S/C11H21NO2S/c1-3-9-7-10(6-8(9)2)12-15(13,14)11-4-5-11/h8-12H,3-7H2,1-2H3/t8-,9-,10+/m0/s1. The summed E-state index contributed by atoms with van der Waals surface area (Å²) < 4.78 is 26.4. The summed E-state index contributed by atoms with van der Waals surface area (Å²) in [7, 11) is -2.98. The number of nitrogens with one attached hydrogen (secondary N) is 1. The van der Waals surface area contributed by atoms with E-state index in [1.807, 2.05) is 0 Å². The van der Waals surface area contributed by atoms with Crippen LogP contribution in [0.15, 0.2) is 0 Å². The molecule has 0 saturated heterocycles. The van der Waals surface area contributed by atoms with E-state index in [0.29, 0.717) is 11.8 Å². The van der Waals surface area contributed by atoms with Crippen molar-refractivity contribution < 1.29 is 8.42 Å². The number of hydrogen-bond donors (Lipinski definition) is 1. The molecule has 0 aromatic rings. The van der Waals surface area contributed by atoms with Gasteiger partial charge in [0.1, 0.15) is 0 Å². The number of sulfonamides is 1. The van der Waals surface area contributed by atoms with Crippen molar-refractivity contribution in [2.24, 2.45) is 11.8 Å². The maximum Gasteiger partial charge on any atom is 0.214 e. The minimum Gasteiger partial charge on any atom is -0.212 e. The van der Waals surface area contributed by atoms with E-state index in [1.165, 1.54) is 6.42 Å². The van der Waals surface area contributed by atoms with Crippen LogP contribution in [0.4, 0.5) is 0 Å². The highest BCUT2D eigenvalue weighted by Gasteiger charge is 2.39. The molecule has 0 aliphatic heterocycles. The molecule has 2 saturated carbocycles. The topological polar surface area (TPSA) is 46.2 Å². The van der Waals surface area contributed by atoms with Crippen molar-refractivity contribution in [3.8, 4) is 0 Å². The van der Waals surface area contributed by atoms with Crippen LogP contribution < -0.4 is 4.72 Å². The van der Waals surface area contributed by atoms with Gasteiger partial charge in [0.05, 0.1) is 5.25 Å². The van der Waals surface area contributed by atoms with E-state index in [2.05, 4.69) is 18.6 Å². The van der Waals surface area contributed by atoms with E-state index in [9.17, 15) is 8.42 Å². The molecule has 1 N–H and O–H groups in total. The van der Waals surface area contributed by atoms with Crippen LogP contribution in [-0.4, -0.2) is 19.7 Å². The van der Waals surface area contributed by atoms with Crippen LogP contribution in [0.5, 0.6) is 0 Å². The Labute approximate surface area is 92.7 Å². The van der Waals surface area contributed by atoms with Crippen molar-refractivity contribution in [1.29, 1.82) is 0 Å². The Balaban J connectivity index is 1.91. The Hall–Kier alpha value is -0.0900. The van der Waals surface area contributed by atoms with Gasteiger partial charge in [0.2, 0.25) is 10.0 Å². The molecule has 2 fully saturated rings. The molecule has 0 heterocycles. The average Bonchev–Trinajstić information content (AvgIpc) is 2.92. The highest BCUT2D eigenvalue weighted by molar-refractivity contribution is 7.90. The first kappa shape index (κ1) is 11.4. The summed E-state index contributed by atoms with van der Waals surface area (Å²) in [6, 6.07) is 0.204. The second-order valence-electron chi connectivity index (χ2n) is 5.18. The monoisotopic (exact) mass is 231 g/mol.